The molecule has 3 rings (SSSR count). The van der Waals surface area contributed by atoms with E-state index in [1.165, 1.54) is 18.1 Å². The highest BCUT2D eigenvalue weighted by Crippen LogP contribution is 2.35. The van der Waals surface area contributed by atoms with Crippen LogP contribution >= 0.6 is 23.8 Å². The van der Waals surface area contributed by atoms with Crippen LogP contribution < -0.4 is 19.7 Å². The van der Waals surface area contributed by atoms with Crippen molar-refractivity contribution >= 4 is 52.5 Å². The highest BCUT2D eigenvalue weighted by Gasteiger charge is 2.34. The number of halogens is 1. The van der Waals surface area contributed by atoms with E-state index in [-0.39, 0.29) is 10.7 Å². The summed E-state index contributed by atoms with van der Waals surface area (Å²) in [5.41, 5.74) is 2.07. The molecule has 0 aromatic heterocycles. The molecule has 1 aliphatic rings. The minimum Gasteiger partial charge on any atom is -0.493 e. The van der Waals surface area contributed by atoms with Crippen LogP contribution in [0.3, 0.4) is 0 Å². The van der Waals surface area contributed by atoms with Crippen molar-refractivity contribution < 1.29 is 19.1 Å². The van der Waals surface area contributed by atoms with Gasteiger partial charge in [-0.3, -0.25) is 19.8 Å². The Morgan fingerprint density at radius 1 is 1.16 bits per heavy atom. The van der Waals surface area contributed by atoms with Gasteiger partial charge in [0.25, 0.3) is 11.8 Å². The van der Waals surface area contributed by atoms with Gasteiger partial charge in [-0.25, -0.2) is 0 Å². The van der Waals surface area contributed by atoms with Gasteiger partial charge in [0, 0.05) is 6.07 Å². The third kappa shape index (κ3) is 4.73. The summed E-state index contributed by atoms with van der Waals surface area (Å²) in [5.74, 6) is 0.152. The van der Waals surface area contributed by atoms with E-state index in [9.17, 15) is 9.59 Å². The molecule has 1 saturated heterocycles. The zero-order valence-electron chi connectivity index (χ0n) is 17.7. The van der Waals surface area contributed by atoms with E-state index in [1.807, 2.05) is 31.2 Å². The Balaban J connectivity index is 2.02. The van der Waals surface area contributed by atoms with Crippen LogP contribution in [0.2, 0.25) is 5.02 Å². The lowest BCUT2D eigenvalue weighted by Gasteiger charge is -2.29. The number of rotatable bonds is 6. The van der Waals surface area contributed by atoms with E-state index in [2.05, 4.69) is 19.2 Å². The molecule has 2 aromatic rings. The van der Waals surface area contributed by atoms with E-state index in [1.54, 1.807) is 12.1 Å². The van der Waals surface area contributed by atoms with E-state index < -0.39 is 11.8 Å². The second kappa shape index (κ2) is 9.49. The van der Waals surface area contributed by atoms with Gasteiger partial charge in [-0.05, 0) is 60.5 Å². The molecule has 0 radical (unpaired) electrons. The van der Waals surface area contributed by atoms with Crippen molar-refractivity contribution in [1.82, 2.24) is 5.32 Å². The molecule has 6 nitrogen and oxygen atoms in total. The SMILES string of the molecule is CCOc1cc(/C=C2\C(=O)NC(=S)N(c3ccc(C(C)C)cc3)C2=O)c(Cl)cc1OC. The first-order valence-electron chi connectivity index (χ1n) is 9.78. The van der Waals surface area contributed by atoms with Crippen LogP contribution in [0.1, 0.15) is 37.8 Å². The van der Waals surface area contributed by atoms with Crippen molar-refractivity contribution in [3.05, 3.63) is 58.1 Å². The summed E-state index contributed by atoms with van der Waals surface area (Å²) in [6.07, 6.45) is 1.43. The predicted octanol–water partition coefficient (Wildman–Crippen LogP) is 4.70. The number of nitrogens with one attached hydrogen (secondary N) is 1. The molecule has 0 spiro atoms. The van der Waals surface area contributed by atoms with Gasteiger partial charge in [0.1, 0.15) is 5.57 Å². The van der Waals surface area contributed by atoms with Gasteiger partial charge in [-0.1, -0.05) is 37.6 Å². The van der Waals surface area contributed by atoms with Gasteiger partial charge in [-0.15, -0.1) is 0 Å². The summed E-state index contributed by atoms with van der Waals surface area (Å²) in [4.78, 5) is 27.1. The lowest BCUT2D eigenvalue weighted by atomic mass is 10.0. The minimum atomic E-state index is -0.588. The van der Waals surface area contributed by atoms with Crippen molar-refractivity contribution in [2.75, 3.05) is 18.6 Å². The maximum absolute atomic E-state index is 13.2. The molecule has 2 aromatic carbocycles. The summed E-state index contributed by atoms with van der Waals surface area (Å²) in [5, 5.41) is 2.92. The number of nitrogens with zero attached hydrogens (tertiary/aromatic N) is 1. The Morgan fingerprint density at radius 2 is 1.84 bits per heavy atom. The van der Waals surface area contributed by atoms with Crippen LogP contribution in [0, 0.1) is 0 Å². The molecule has 8 heteroatoms. The molecular weight excluding hydrogens is 436 g/mol. The highest BCUT2D eigenvalue weighted by molar-refractivity contribution is 7.80. The van der Waals surface area contributed by atoms with Crippen LogP contribution in [-0.4, -0.2) is 30.6 Å². The molecule has 0 bridgehead atoms. The van der Waals surface area contributed by atoms with E-state index >= 15 is 0 Å². The highest BCUT2D eigenvalue weighted by atomic mass is 35.5. The van der Waals surface area contributed by atoms with Gasteiger partial charge in [-0.2, -0.15) is 0 Å². The van der Waals surface area contributed by atoms with E-state index in [0.717, 1.165) is 5.56 Å². The van der Waals surface area contributed by atoms with Crippen molar-refractivity contribution in [2.24, 2.45) is 0 Å². The first-order valence-corrected chi connectivity index (χ1v) is 10.6. The van der Waals surface area contributed by atoms with Crippen LogP contribution in [-0.2, 0) is 9.59 Å². The lowest BCUT2D eigenvalue weighted by Crippen LogP contribution is -2.54. The lowest BCUT2D eigenvalue weighted by molar-refractivity contribution is -0.122. The molecule has 31 heavy (non-hydrogen) atoms. The van der Waals surface area contributed by atoms with Crippen molar-refractivity contribution in [2.45, 2.75) is 26.7 Å². The van der Waals surface area contributed by atoms with Crippen LogP contribution in [0.4, 0.5) is 5.69 Å². The quantitative estimate of drug-likeness (QED) is 0.386. The molecule has 0 unspecified atom stereocenters. The van der Waals surface area contributed by atoms with Gasteiger partial charge in [0.15, 0.2) is 16.6 Å². The Bertz CT molecular complexity index is 1060. The van der Waals surface area contributed by atoms with Crippen LogP contribution in [0.15, 0.2) is 42.0 Å². The molecule has 0 saturated carbocycles. The second-order valence-corrected chi connectivity index (χ2v) is 7.96. The fourth-order valence-electron chi connectivity index (χ4n) is 3.15. The van der Waals surface area contributed by atoms with Crippen LogP contribution in [0.5, 0.6) is 11.5 Å². The number of benzene rings is 2. The van der Waals surface area contributed by atoms with Gasteiger partial charge < -0.3 is 9.47 Å². The minimum absolute atomic E-state index is 0.0280. The largest absolute Gasteiger partial charge is 0.493 e. The molecule has 2 amide bonds. The summed E-state index contributed by atoms with van der Waals surface area (Å²) in [6, 6.07) is 10.7. The Hall–Kier alpha value is -2.90. The number of ether oxygens (including phenoxy) is 2. The summed E-state index contributed by atoms with van der Waals surface area (Å²) >= 11 is 11.6. The number of hydrogen-bond acceptors (Lipinski definition) is 5. The molecule has 1 heterocycles. The molecule has 1 N–H and O–H groups in total. The monoisotopic (exact) mass is 458 g/mol. The number of carbonyl (C=O) groups is 2. The fraction of sp³-hybridized carbons (Fsp3) is 0.261. The number of anilines is 1. The summed E-state index contributed by atoms with van der Waals surface area (Å²) < 4.78 is 10.9. The molecule has 1 fully saturated rings. The summed E-state index contributed by atoms with van der Waals surface area (Å²) in [7, 11) is 1.51. The van der Waals surface area contributed by atoms with Crippen molar-refractivity contribution in [3.63, 3.8) is 0 Å². The van der Waals surface area contributed by atoms with Gasteiger partial charge >= 0.3 is 0 Å². The topological polar surface area (TPSA) is 67.9 Å². The van der Waals surface area contributed by atoms with Crippen molar-refractivity contribution in [3.8, 4) is 11.5 Å². The van der Waals surface area contributed by atoms with Gasteiger partial charge in [0.2, 0.25) is 0 Å². The molecular formula is C23H23ClN2O4S. The first-order chi connectivity index (χ1) is 14.8. The van der Waals surface area contributed by atoms with E-state index in [0.29, 0.717) is 40.3 Å². The molecule has 162 valence electrons. The maximum Gasteiger partial charge on any atom is 0.270 e. The zero-order valence-corrected chi connectivity index (χ0v) is 19.3. The number of hydrogen-bond donors (Lipinski definition) is 1. The third-order valence-corrected chi connectivity index (χ3v) is 5.41. The third-order valence-electron chi connectivity index (χ3n) is 4.80. The number of carbonyl (C=O) groups excluding carboxylic acids is 2. The summed E-state index contributed by atoms with van der Waals surface area (Å²) in [6.45, 7) is 6.43. The Labute approximate surface area is 191 Å². The maximum atomic E-state index is 13.2. The zero-order chi connectivity index (χ0) is 22.7. The van der Waals surface area contributed by atoms with Crippen LogP contribution in [0.25, 0.3) is 6.08 Å². The van der Waals surface area contributed by atoms with Gasteiger partial charge in [0.05, 0.1) is 24.4 Å². The first kappa shape index (κ1) is 22.8. The molecule has 0 atom stereocenters. The Morgan fingerprint density at radius 3 is 2.42 bits per heavy atom. The molecule has 0 aliphatic carbocycles. The number of thiocarbonyl (C=S) groups is 1. The smallest absolute Gasteiger partial charge is 0.270 e. The van der Waals surface area contributed by atoms with E-state index in [4.69, 9.17) is 33.3 Å². The standard InChI is InChI=1S/C23H23ClN2O4S/c1-5-30-20-11-15(18(24)12-19(20)29-4)10-17-21(27)25-23(31)26(22(17)28)16-8-6-14(7-9-16)13(2)3/h6-13H,5H2,1-4H3,(H,25,27,31)/b17-10+. The average molecular weight is 459 g/mol. The molecule has 1 aliphatic heterocycles. The number of amides is 2. The average Bonchev–Trinajstić information content (AvgIpc) is 2.73. The second-order valence-electron chi connectivity index (χ2n) is 7.16. The Kier molecular flexibility index (Phi) is 6.97. The predicted molar refractivity (Wildman–Crippen MR) is 126 cm³/mol. The van der Waals surface area contributed by atoms with Crippen molar-refractivity contribution in [1.29, 1.82) is 0 Å². The number of methoxy groups -OCH3 is 1. The fourth-order valence-corrected chi connectivity index (χ4v) is 3.63. The normalized spacial score (nSPS) is 15.5.